The Morgan fingerprint density at radius 2 is 2.00 bits per heavy atom. The van der Waals surface area contributed by atoms with E-state index in [2.05, 4.69) is 20.6 Å². The number of piperidine rings is 1. The van der Waals surface area contributed by atoms with Crippen molar-refractivity contribution in [1.29, 1.82) is 0 Å². The quantitative estimate of drug-likeness (QED) is 0.402. The summed E-state index contributed by atoms with van der Waals surface area (Å²) in [4.78, 5) is 21.4. The van der Waals surface area contributed by atoms with Gasteiger partial charge in [-0.2, -0.15) is 5.10 Å². The molecule has 2 aromatic heterocycles. The molecule has 10 heteroatoms. The fraction of sp³-hybridized carbons (Fsp3) is 0.280. The minimum atomic E-state index is -0.363. The molecule has 180 valence electrons. The number of rotatable bonds is 5. The number of carbonyl (C=O) groups is 1. The van der Waals surface area contributed by atoms with E-state index >= 15 is 0 Å². The third-order valence-electron chi connectivity index (χ3n) is 6.32. The minimum Gasteiger partial charge on any atom is -0.495 e. The van der Waals surface area contributed by atoms with Crippen LogP contribution in [0.25, 0.3) is 22.3 Å². The Morgan fingerprint density at radius 1 is 1.20 bits per heavy atom. The summed E-state index contributed by atoms with van der Waals surface area (Å²) in [5, 5.41) is 11.8. The maximum absolute atomic E-state index is 13.6. The van der Waals surface area contributed by atoms with E-state index in [9.17, 15) is 9.18 Å². The van der Waals surface area contributed by atoms with Gasteiger partial charge in [0.15, 0.2) is 5.65 Å². The first-order valence-electron chi connectivity index (χ1n) is 11.4. The minimum absolute atomic E-state index is 0.210. The van der Waals surface area contributed by atoms with E-state index in [-0.39, 0.29) is 17.8 Å². The van der Waals surface area contributed by atoms with E-state index in [1.54, 1.807) is 19.1 Å². The molecule has 35 heavy (non-hydrogen) atoms. The van der Waals surface area contributed by atoms with Crippen LogP contribution in [0.2, 0.25) is 0 Å². The zero-order chi connectivity index (χ0) is 24.5. The molecule has 4 aromatic rings. The maximum atomic E-state index is 13.6. The number of nitrogens with two attached hydrogens (primary N) is 1. The van der Waals surface area contributed by atoms with E-state index in [4.69, 9.17) is 15.6 Å². The zero-order valence-electron chi connectivity index (χ0n) is 19.5. The number of nitrogens with one attached hydrogen (secondary N) is 2. The average molecular weight is 476 g/mol. The Morgan fingerprint density at radius 3 is 2.74 bits per heavy atom. The molecule has 0 atom stereocenters. The van der Waals surface area contributed by atoms with Crippen molar-refractivity contribution in [3.8, 4) is 17.0 Å². The highest BCUT2D eigenvalue weighted by atomic mass is 19.1. The van der Waals surface area contributed by atoms with Gasteiger partial charge in [-0.3, -0.25) is 4.79 Å². The second-order valence-corrected chi connectivity index (χ2v) is 8.57. The number of benzene rings is 2. The molecule has 3 heterocycles. The topological polar surface area (TPSA) is 120 Å². The number of ether oxygens (including phenoxy) is 1. The van der Waals surface area contributed by atoms with Gasteiger partial charge in [-0.25, -0.2) is 19.0 Å². The lowest BCUT2D eigenvalue weighted by atomic mass is 10.1. The van der Waals surface area contributed by atoms with Crippen molar-refractivity contribution >= 4 is 28.4 Å². The summed E-state index contributed by atoms with van der Waals surface area (Å²) in [6.07, 6.45) is 3.34. The van der Waals surface area contributed by atoms with Crippen LogP contribution in [0.4, 0.5) is 15.9 Å². The Kier molecular flexibility index (Phi) is 6.04. The fourth-order valence-corrected chi connectivity index (χ4v) is 4.43. The van der Waals surface area contributed by atoms with Gasteiger partial charge >= 0.3 is 0 Å². The van der Waals surface area contributed by atoms with Crippen molar-refractivity contribution in [2.45, 2.75) is 25.8 Å². The number of hydrogen-bond donors (Lipinski definition) is 3. The maximum Gasteiger partial charge on any atom is 0.255 e. The molecule has 1 aliphatic rings. The highest BCUT2D eigenvalue weighted by Gasteiger charge is 2.24. The van der Waals surface area contributed by atoms with Gasteiger partial charge in [0.2, 0.25) is 0 Å². The first-order valence-corrected chi connectivity index (χ1v) is 11.4. The van der Waals surface area contributed by atoms with E-state index in [0.717, 1.165) is 31.5 Å². The summed E-state index contributed by atoms with van der Waals surface area (Å²) in [7, 11) is 1.53. The molecule has 0 saturated carbocycles. The van der Waals surface area contributed by atoms with Gasteiger partial charge in [0.1, 0.15) is 29.4 Å². The molecule has 0 spiro atoms. The van der Waals surface area contributed by atoms with Crippen LogP contribution in [0.3, 0.4) is 0 Å². The number of aryl methyl sites for hydroxylation is 1. The number of carbonyl (C=O) groups excluding carboxylic acids is 1. The summed E-state index contributed by atoms with van der Waals surface area (Å²) < 4.78 is 21.1. The number of anilines is 2. The van der Waals surface area contributed by atoms with E-state index < -0.39 is 0 Å². The van der Waals surface area contributed by atoms with Crippen LogP contribution in [0, 0.1) is 12.7 Å². The standard InChI is InChI=1S/C25H26FN7O2/c1-14-11-16(3-5-18(14)26)25(34)31-19-6-4-15(12-20(19)35-2)22-21-23(27)29-13-30-24(21)33(32-22)17-7-9-28-10-8-17/h3-6,11-13,17,28H,7-10H2,1-2H3,(H,31,34)(H2,27,29,30). The molecule has 1 fully saturated rings. The molecule has 0 aliphatic carbocycles. The number of aromatic nitrogens is 4. The number of methoxy groups -OCH3 is 1. The summed E-state index contributed by atoms with van der Waals surface area (Å²) in [6, 6.07) is 9.83. The predicted molar refractivity (Wildman–Crippen MR) is 132 cm³/mol. The summed E-state index contributed by atoms with van der Waals surface area (Å²) in [5.41, 5.74) is 9.60. The molecular formula is C25H26FN7O2. The Hall–Kier alpha value is -4.05. The fourth-order valence-electron chi connectivity index (χ4n) is 4.43. The van der Waals surface area contributed by atoms with Gasteiger partial charge in [-0.1, -0.05) is 6.07 Å². The van der Waals surface area contributed by atoms with Crippen LogP contribution in [0.5, 0.6) is 5.75 Å². The largest absolute Gasteiger partial charge is 0.495 e. The molecule has 1 saturated heterocycles. The molecule has 2 aromatic carbocycles. The van der Waals surface area contributed by atoms with E-state index in [1.165, 1.54) is 31.6 Å². The summed E-state index contributed by atoms with van der Waals surface area (Å²) >= 11 is 0. The Balaban J connectivity index is 1.52. The van der Waals surface area contributed by atoms with Crippen molar-refractivity contribution < 1.29 is 13.9 Å². The lowest BCUT2D eigenvalue weighted by Gasteiger charge is -2.23. The van der Waals surface area contributed by atoms with Crippen LogP contribution >= 0.6 is 0 Å². The molecule has 1 aliphatic heterocycles. The van der Waals surface area contributed by atoms with E-state index in [1.807, 2.05) is 10.7 Å². The van der Waals surface area contributed by atoms with Crippen LogP contribution in [0.15, 0.2) is 42.7 Å². The smallest absolute Gasteiger partial charge is 0.255 e. The average Bonchev–Trinajstić information content (AvgIpc) is 3.27. The first-order chi connectivity index (χ1) is 17.0. The first kappa shape index (κ1) is 22.7. The second-order valence-electron chi connectivity index (χ2n) is 8.57. The highest BCUT2D eigenvalue weighted by molar-refractivity contribution is 6.05. The monoisotopic (exact) mass is 475 g/mol. The van der Waals surface area contributed by atoms with Gasteiger partial charge in [-0.15, -0.1) is 0 Å². The number of amides is 1. The van der Waals surface area contributed by atoms with Crippen molar-refractivity contribution in [3.05, 3.63) is 59.7 Å². The van der Waals surface area contributed by atoms with Crippen molar-refractivity contribution in [2.75, 3.05) is 31.2 Å². The molecule has 0 radical (unpaired) electrons. The zero-order valence-corrected chi connectivity index (χ0v) is 19.5. The Labute approximate surface area is 201 Å². The van der Waals surface area contributed by atoms with Gasteiger partial charge < -0.3 is 21.1 Å². The lowest BCUT2D eigenvalue weighted by Crippen LogP contribution is -2.30. The van der Waals surface area contributed by atoms with Gasteiger partial charge in [0.25, 0.3) is 5.91 Å². The third kappa shape index (κ3) is 4.28. The van der Waals surface area contributed by atoms with Gasteiger partial charge in [0.05, 0.1) is 24.2 Å². The number of halogens is 1. The lowest BCUT2D eigenvalue weighted by molar-refractivity contribution is 0.102. The second kappa shape index (κ2) is 9.30. The van der Waals surface area contributed by atoms with Crippen molar-refractivity contribution in [2.24, 2.45) is 0 Å². The Bertz CT molecular complexity index is 1410. The SMILES string of the molecule is COc1cc(-c2nn(C3CCNCC3)c3ncnc(N)c23)ccc1NC(=O)c1ccc(F)c(C)c1. The van der Waals surface area contributed by atoms with Crippen LogP contribution < -0.4 is 21.1 Å². The molecule has 4 N–H and O–H groups in total. The number of nitrogen functional groups attached to an aromatic ring is 1. The van der Waals surface area contributed by atoms with Crippen molar-refractivity contribution in [1.82, 2.24) is 25.1 Å². The number of hydrogen-bond acceptors (Lipinski definition) is 7. The summed E-state index contributed by atoms with van der Waals surface area (Å²) in [6.45, 7) is 3.44. The molecule has 1 amide bonds. The van der Waals surface area contributed by atoms with Crippen LogP contribution in [-0.2, 0) is 0 Å². The molecular weight excluding hydrogens is 449 g/mol. The van der Waals surface area contributed by atoms with Gasteiger partial charge in [0, 0.05) is 11.1 Å². The summed E-state index contributed by atoms with van der Waals surface area (Å²) in [5.74, 6) is 0.0863. The number of fused-ring (bicyclic) bond motifs is 1. The van der Waals surface area contributed by atoms with Crippen molar-refractivity contribution in [3.63, 3.8) is 0 Å². The third-order valence-corrected chi connectivity index (χ3v) is 6.32. The predicted octanol–water partition coefficient (Wildman–Crippen LogP) is 3.71. The molecule has 0 unspecified atom stereocenters. The molecule has 0 bridgehead atoms. The van der Waals surface area contributed by atoms with E-state index in [0.29, 0.717) is 45.1 Å². The molecule has 5 rings (SSSR count). The van der Waals surface area contributed by atoms with Gasteiger partial charge in [-0.05, 0) is 68.8 Å². The number of nitrogens with zero attached hydrogens (tertiary/aromatic N) is 4. The highest BCUT2D eigenvalue weighted by Crippen LogP contribution is 2.37. The van der Waals surface area contributed by atoms with Crippen LogP contribution in [0.1, 0.15) is 34.8 Å². The normalized spacial score (nSPS) is 14.3. The molecule has 9 nitrogen and oxygen atoms in total. The van der Waals surface area contributed by atoms with Crippen LogP contribution in [-0.4, -0.2) is 45.9 Å².